The molecule has 0 bridgehead atoms. The lowest BCUT2D eigenvalue weighted by molar-refractivity contribution is -0.713. The Morgan fingerprint density at radius 1 is 1.21 bits per heavy atom. The average molecular weight is 334 g/mol. The van der Waals surface area contributed by atoms with Crippen molar-refractivity contribution >= 4 is 11.8 Å². The second-order valence-corrected chi connectivity index (χ2v) is 5.76. The molecule has 0 saturated carbocycles. The quantitative estimate of drug-likeness (QED) is 0.368. The number of rotatable bonds is 5. The highest BCUT2D eigenvalue weighted by molar-refractivity contribution is 6.21. The van der Waals surface area contributed by atoms with Crippen LogP contribution >= 0.6 is 0 Å². The fourth-order valence-electron chi connectivity index (χ4n) is 2.81. The van der Waals surface area contributed by atoms with E-state index in [1.54, 1.807) is 24.3 Å². The zero-order valence-corrected chi connectivity index (χ0v) is 13.0. The third-order valence-corrected chi connectivity index (χ3v) is 4.28. The summed E-state index contributed by atoms with van der Waals surface area (Å²) in [7, 11) is 0. The fraction of sp³-hybridized carbons (Fsp3) is 0.467. The van der Waals surface area contributed by atoms with Crippen LogP contribution in [-0.2, 0) is 4.84 Å². The number of nitrogens with zero attached hydrogens (tertiary/aromatic N) is 4. The van der Waals surface area contributed by atoms with Crippen LogP contribution in [0.5, 0.6) is 0 Å². The number of hydrogen-bond acceptors (Lipinski definition) is 6. The lowest BCUT2D eigenvalue weighted by Crippen LogP contribution is -2.39. The van der Waals surface area contributed by atoms with Gasteiger partial charge in [0.2, 0.25) is 12.0 Å². The number of aliphatic hydroxyl groups is 1. The molecule has 1 aromatic rings. The van der Waals surface area contributed by atoms with Crippen LogP contribution < -0.4 is 0 Å². The number of carbonyl (C=O) groups is 2. The highest BCUT2D eigenvalue weighted by Crippen LogP contribution is 2.22. The van der Waals surface area contributed by atoms with Crippen molar-refractivity contribution in [3.63, 3.8) is 0 Å². The molecule has 0 unspecified atom stereocenters. The predicted molar refractivity (Wildman–Crippen MR) is 80.3 cm³/mol. The van der Waals surface area contributed by atoms with Crippen LogP contribution in [0.25, 0.3) is 0 Å². The monoisotopic (exact) mass is 334 g/mol. The van der Waals surface area contributed by atoms with Crippen molar-refractivity contribution in [2.75, 3.05) is 26.4 Å². The van der Waals surface area contributed by atoms with E-state index in [0.717, 1.165) is 4.90 Å². The molecule has 9 nitrogen and oxygen atoms in total. The molecule has 1 saturated heterocycles. The molecule has 2 aliphatic heterocycles. The van der Waals surface area contributed by atoms with Crippen LogP contribution in [0, 0.1) is 11.1 Å². The molecular weight excluding hydrogens is 316 g/mol. The zero-order chi connectivity index (χ0) is 17.1. The molecule has 24 heavy (non-hydrogen) atoms. The molecule has 0 radical (unpaired) electrons. The summed E-state index contributed by atoms with van der Waals surface area (Å²) in [5.74, 6) is -0.729. The van der Waals surface area contributed by atoms with Gasteiger partial charge in [0.15, 0.2) is 0 Å². The number of imide groups is 1. The summed E-state index contributed by atoms with van der Waals surface area (Å²) in [4.78, 5) is 30.3. The minimum absolute atomic E-state index is 0.111. The number of aliphatic hydroxyl groups excluding tert-OH is 1. The third kappa shape index (κ3) is 3.02. The summed E-state index contributed by atoms with van der Waals surface area (Å²) in [6.45, 7) is 0.626. The van der Waals surface area contributed by atoms with Crippen LogP contribution in [-0.4, -0.2) is 58.2 Å². The second kappa shape index (κ2) is 6.83. The van der Waals surface area contributed by atoms with Crippen molar-refractivity contribution in [1.82, 2.24) is 9.91 Å². The van der Waals surface area contributed by atoms with E-state index in [-0.39, 0.29) is 12.5 Å². The van der Waals surface area contributed by atoms with Gasteiger partial charge >= 0.3 is 0 Å². The Bertz CT molecular complexity index is 635. The Balaban J connectivity index is 1.55. The van der Waals surface area contributed by atoms with Crippen molar-refractivity contribution in [2.24, 2.45) is 11.2 Å². The van der Waals surface area contributed by atoms with Crippen LogP contribution in [0.3, 0.4) is 0 Å². The Kier molecular flexibility index (Phi) is 4.61. The van der Waals surface area contributed by atoms with Crippen molar-refractivity contribution in [3.8, 4) is 0 Å². The fourth-order valence-corrected chi connectivity index (χ4v) is 2.81. The highest BCUT2D eigenvalue weighted by Gasteiger charge is 2.35. The normalized spacial score (nSPS) is 19.0. The molecule has 128 valence electrons. The molecule has 2 heterocycles. The summed E-state index contributed by atoms with van der Waals surface area (Å²) in [5, 5.41) is 25.8. The van der Waals surface area contributed by atoms with E-state index in [4.69, 9.17) is 9.94 Å². The molecule has 0 atom stereocenters. The second-order valence-electron chi connectivity index (χ2n) is 5.76. The molecule has 1 fully saturated rings. The van der Waals surface area contributed by atoms with E-state index in [1.165, 1.54) is 5.01 Å². The molecule has 0 aromatic heterocycles. The van der Waals surface area contributed by atoms with Gasteiger partial charge in [0.05, 0.1) is 29.2 Å². The van der Waals surface area contributed by atoms with Gasteiger partial charge < -0.3 is 15.2 Å². The number of carbonyl (C=O) groups excluding carboxylic acids is 2. The van der Waals surface area contributed by atoms with E-state index in [0.29, 0.717) is 42.0 Å². The van der Waals surface area contributed by atoms with Gasteiger partial charge in [-0.05, 0) is 30.9 Å². The maximum absolute atomic E-state index is 12.1. The zero-order valence-electron chi connectivity index (χ0n) is 13.0. The van der Waals surface area contributed by atoms with Gasteiger partial charge in [-0.1, -0.05) is 12.1 Å². The van der Waals surface area contributed by atoms with Crippen LogP contribution in [0.4, 0.5) is 0 Å². The van der Waals surface area contributed by atoms with E-state index in [2.05, 4.69) is 5.28 Å². The number of hydrazine groups is 1. The number of fused-ring (bicyclic) bond motifs is 1. The topological polar surface area (TPSA) is 109 Å². The van der Waals surface area contributed by atoms with Gasteiger partial charge in [0, 0.05) is 6.61 Å². The van der Waals surface area contributed by atoms with Gasteiger partial charge in [0.25, 0.3) is 11.8 Å². The first kappa shape index (κ1) is 16.2. The van der Waals surface area contributed by atoms with Gasteiger partial charge in [-0.2, -0.15) is 0 Å². The lowest BCUT2D eigenvalue weighted by atomic mass is 9.99. The third-order valence-electron chi connectivity index (χ3n) is 4.28. The number of hydrogen-bond donors (Lipinski definition) is 1. The van der Waals surface area contributed by atoms with Crippen LogP contribution in [0.2, 0.25) is 0 Å². The Hall–Kier alpha value is -2.68. The summed E-state index contributed by atoms with van der Waals surface area (Å²) in [6, 6.07) is 6.48. The molecule has 9 heteroatoms. The standard InChI is InChI=1S/C15H18N4O5/c20-9-11-5-7-17(8-6-11)19(23)16-24-10-18-14(21)12-3-1-2-4-13(12)15(18)22/h1-4,11,20H,5-10H2/b19-16-. The Labute approximate surface area is 138 Å². The van der Waals surface area contributed by atoms with E-state index in [1.807, 2.05) is 0 Å². The highest BCUT2D eigenvalue weighted by atomic mass is 16.7. The maximum Gasteiger partial charge on any atom is 0.264 e. The summed E-state index contributed by atoms with van der Waals surface area (Å²) in [5.41, 5.74) is 0.632. The Morgan fingerprint density at radius 2 is 1.79 bits per heavy atom. The first-order valence-electron chi connectivity index (χ1n) is 7.73. The SMILES string of the molecule is O=C1c2ccccc2C(=O)N1CO/N=[N+](\[O-])N1CCC(CO)CC1. The van der Waals surface area contributed by atoms with E-state index < -0.39 is 18.5 Å². The largest absolute Gasteiger partial charge is 0.569 e. The molecule has 1 aromatic carbocycles. The molecule has 0 spiro atoms. The van der Waals surface area contributed by atoms with Gasteiger partial charge in [-0.15, -0.1) is 5.01 Å². The summed E-state index contributed by atoms with van der Waals surface area (Å²) in [6.07, 6.45) is 1.40. The predicted octanol–water partition coefficient (Wildman–Crippen LogP) is 0.754. The minimum Gasteiger partial charge on any atom is -0.569 e. The number of benzene rings is 1. The molecule has 1 N–H and O–H groups in total. The van der Waals surface area contributed by atoms with E-state index >= 15 is 0 Å². The molecule has 2 amide bonds. The average Bonchev–Trinajstić information content (AvgIpc) is 2.87. The number of amides is 2. The first-order chi connectivity index (χ1) is 11.6. The molecule has 2 aliphatic rings. The smallest absolute Gasteiger partial charge is 0.264 e. The Morgan fingerprint density at radius 3 is 2.33 bits per heavy atom. The van der Waals surface area contributed by atoms with Gasteiger partial charge in [-0.3, -0.25) is 9.59 Å². The van der Waals surface area contributed by atoms with Crippen molar-refractivity contribution < 1.29 is 24.5 Å². The van der Waals surface area contributed by atoms with Crippen molar-refractivity contribution in [2.45, 2.75) is 12.8 Å². The molecule has 3 rings (SSSR count). The summed E-state index contributed by atoms with van der Waals surface area (Å²) < 4.78 is 0. The van der Waals surface area contributed by atoms with Crippen molar-refractivity contribution in [3.05, 3.63) is 40.6 Å². The molecular formula is C15H18N4O5. The maximum atomic E-state index is 12.1. The minimum atomic E-state index is -0.466. The van der Waals surface area contributed by atoms with E-state index in [9.17, 15) is 14.8 Å². The van der Waals surface area contributed by atoms with Gasteiger partial charge in [0.1, 0.15) is 0 Å². The number of piperidine rings is 1. The lowest BCUT2D eigenvalue weighted by Gasteiger charge is -2.26. The summed E-state index contributed by atoms with van der Waals surface area (Å²) >= 11 is 0. The van der Waals surface area contributed by atoms with Crippen molar-refractivity contribution in [1.29, 1.82) is 0 Å². The van der Waals surface area contributed by atoms with Crippen LogP contribution in [0.15, 0.2) is 29.5 Å². The van der Waals surface area contributed by atoms with Crippen LogP contribution in [0.1, 0.15) is 33.6 Å². The molecule has 0 aliphatic carbocycles. The first-order valence-corrected chi connectivity index (χ1v) is 7.73. The van der Waals surface area contributed by atoms with Gasteiger partial charge in [-0.25, -0.2) is 4.90 Å².